The molecular weight excluding hydrogens is 276 g/mol. The lowest BCUT2D eigenvalue weighted by molar-refractivity contribution is 0.101. The van der Waals surface area contributed by atoms with Crippen LogP contribution in [0.4, 0.5) is 5.69 Å². The summed E-state index contributed by atoms with van der Waals surface area (Å²) in [5, 5.41) is 3.33. The van der Waals surface area contributed by atoms with E-state index in [0.717, 1.165) is 0 Å². The Balaban J connectivity index is 2.32. The minimum atomic E-state index is -0.258. The van der Waals surface area contributed by atoms with Gasteiger partial charge in [0.1, 0.15) is 0 Å². The van der Waals surface area contributed by atoms with Gasteiger partial charge in [-0.2, -0.15) is 0 Å². The Morgan fingerprint density at radius 1 is 1.25 bits per heavy atom. The standard InChI is InChI=1S/C15H15ClN2O2/c1-8-13(9(2)17-14(8)10(3)19)15(20)18-12-6-4-5-11(16)7-12/h4-7,17H,1-3H3,(H,18,20). The number of rotatable bonds is 3. The number of carbonyl (C=O) groups is 2. The smallest absolute Gasteiger partial charge is 0.257 e. The zero-order valence-corrected chi connectivity index (χ0v) is 12.3. The molecule has 1 amide bonds. The summed E-state index contributed by atoms with van der Waals surface area (Å²) in [5.74, 6) is -0.349. The molecular formula is C15H15ClN2O2. The molecule has 20 heavy (non-hydrogen) atoms. The van der Waals surface area contributed by atoms with E-state index in [2.05, 4.69) is 10.3 Å². The minimum absolute atomic E-state index is 0.0904. The molecule has 0 unspecified atom stereocenters. The number of halogens is 1. The van der Waals surface area contributed by atoms with Crippen LogP contribution < -0.4 is 5.32 Å². The second-order valence-corrected chi connectivity index (χ2v) is 5.08. The topological polar surface area (TPSA) is 62.0 Å². The molecule has 0 aliphatic rings. The molecule has 0 atom stereocenters. The van der Waals surface area contributed by atoms with Gasteiger partial charge in [0.15, 0.2) is 5.78 Å². The lowest BCUT2D eigenvalue weighted by Crippen LogP contribution is -2.13. The van der Waals surface area contributed by atoms with E-state index in [0.29, 0.717) is 33.2 Å². The maximum Gasteiger partial charge on any atom is 0.257 e. The van der Waals surface area contributed by atoms with E-state index >= 15 is 0 Å². The highest BCUT2D eigenvalue weighted by atomic mass is 35.5. The van der Waals surface area contributed by atoms with Gasteiger partial charge < -0.3 is 10.3 Å². The van der Waals surface area contributed by atoms with E-state index in [1.807, 2.05) is 0 Å². The minimum Gasteiger partial charge on any atom is -0.355 e. The van der Waals surface area contributed by atoms with Crippen molar-refractivity contribution in [2.24, 2.45) is 0 Å². The molecule has 0 spiro atoms. The quantitative estimate of drug-likeness (QED) is 0.846. The van der Waals surface area contributed by atoms with Crippen molar-refractivity contribution in [3.63, 3.8) is 0 Å². The highest BCUT2D eigenvalue weighted by Crippen LogP contribution is 2.21. The van der Waals surface area contributed by atoms with Crippen LogP contribution in [-0.2, 0) is 0 Å². The predicted octanol–water partition coefficient (Wildman–Crippen LogP) is 3.74. The van der Waals surface area contributed by atoms with Gasteiger partial charge in [-0.05, 0) is 37.6 Å². The number of anilines is 1. The van der Waals surface area contributed by atoms with Crippen LogP contribution in [0.15, 0.2) is 24.3 Å². The third-order valence-corrected chi connectivity index (χ3v) is 3.33. The number of Topliss-reactive ketones (excluding diaryl/α,β-unsaturated/α-hetero) is 1. The number of H-pyrrole nitrogens is 1. The SMILES string of the molecule is CC(=O)c1[nH]c(C)c(C(=O)Nc2cccc(Cl)c2)c1C. The summed E-state index contributed by atoms with van der Waals surface area (Å²) in [6, 6.07) is 6.92. The van der Waals surface area contributed by atoms with Crippen LogP contribution in [0.2, 0.25) is 5.02 Å². The van der Waals surface area contributed by atoms with Gasteiger partial charge in [0, 0.05) is 23.3 Å². The first-order chi connectivity index (χ1) is 9.40. The zero-order chi connectivity index (χ0) is 14.9. The molecule has 1 aromatic carbocycles. The zero-order valence-electron chi connectivity index (χ0n) is 11.5. The molecule has 0 saturated heterocycles. The van der Waals surface area contributed by atoms with Crippen LogP contribution in [-0.4, -0.2) is 16.7 Å². The van der Waals surface area contributed by atoms with E-state index in [1.165, 1.54) is 6.92 Å². The Morgan fingerprint density at radius 2 is 1.95 bits per heavy atom. The molecule has 2 aromatic rings. The molecule has 0 radical (unpaired) electrons. The van der Waals surface area contributed by atoms with E-state index in [-0.39, 0.29) is 11.7 Å². The van der Waals surface area contributed by atoms with Gasteiger partial charge in [-0.1, -0.05) is 17.7 Å². The van der Waals surface area contributed by atoms with Crippen LogP contribution in [0.3, 0.4) is 0 Å². The molecule has 2 rings (SSSR count). The van der Waals surface area contributed by atoms with Gasteiger partial charge >= 0.3 is 0 Å². The van der Waals surface area contributed by atoms with Gasteiger partial charge in [0.05, 0.1) is 11.3 Å². The maximum atomic E-state index is 12.3. The Hall–Kier alpha value is -2.07. The van der Waals surface area contributed by atoms with Crippen molar-refractivity contribution in [2.45, 2.75) is 20.8 Å². The van der Waals surface area contributed by atoms with Crippen molar-refractivity contribution < 1.29 is 9.59 Å². The highest BCUT2D eigenvalue weighted by molar-refractivity contribution is 6.31. The van der Waals surface area contributed by atoms with Crippen molar-refractivity contribution in [1.82, 2.24) is 4.98 Å². The Kier molecular flexibility index (Phi) is 3.95. The van der Waals surface area contributed by atoms with Crippen LogP contribution in [0.1, 0.15) is 39.0 Å². The number of amides is 1. The van der Waals surface area contributed by atoms with Crippen molar-refractivity contribution in [1.29, 1.82) is 0 Å². The third-order valence-electron chi connectivity index (χ3n) is 3.10. The fourth-order valence-corrected chi connectivity index (χ4v) is 2.39. The lowest BCUT2D eigenvalue weighted by Gasteiger charge is -2.06. The van der Waals surface area contributed by atoms with E-state index in [1.54, 1.807) is 38.1 Å². The van der Waals surface area contributed by atoms with E-state index in [4.69, 9.17) is 11.6 Å². The first-order valence-corrected chi connectivity index (χ1v) is 6.55. The van der Waals surface area contributed by atoms with E-state index in [9.17, 15) is 9.59 Å². The number of carbonyl (C=O) groups excluding carboxylic acids is 2. The molecule has 1 heterocycles. The molecule has 0 bridgehead atoms. The second kappa shape index (κ2) is 5.51. The average Bonchev–Trinajstić information content (AvgIpc) is 2.65. The number of aromatic nitrogens is 1. The molecule has 0 fully saturated rings. The number of ketones is 1. The van der Waals surface area contributed by atoms with Crippen LogP contribution in [0, 0.1) is 13.8 Å². The Labute approximate surface area is 122 Å². The molecule has 1 aromatic heterocycles. The van der Waals surface area contributed by atoms with Crippen molar-refractivity contribution >= 4 is 29.0 Å². The summed E-state index contributed by atoms with van der Waals surface area (Å²) < 4.78 is 0. The van der Waals surface area contributed by atoms with Crippen molar-refractivity contribution in [3.8, 4) is 0 Å². The second-order valence-electron chi connectivity index (χ2n) is 4.65. The first kappa shape index (κ1) is 14.3. The van der Waals surface area contributed by atoms with Crippen LogP contribution in [0.5, 0.6) is 0 Å². The molecule has 2 N–H and O–H groups in total. The summed E-state index contributed by atoms with van der Waals surface area (Å²) in [4.78, 5) is 26.7. The van der Waals surface area contributed by atoms with Crippen molar-refractivity contribution in [3.05, 3.63) is 51.8 Å². The number of nitrogens with one attached hydrogen (secondary N) is 2. The number of benzene rings is 1. The molecule has 104 valence electrons. The Bertz CT molecular complexity index is 689. The monoisotopic (exact) mass is 290 g/mol. The summed E-state index contributed by atoms with van der Waals surface area (Å²) in [5.41, 5.74) is 2.92. The fraction of sp³-hybridized carbons (Fsp3) is 0.200. The highest BCUT2D eigenvalue weighted by Gasteiger charge is 2.20. The van der Waals surface area contributed by atoms with Crippen molar-refractivity contribution in [2.75, 3.05) is 5.32 Å². The van der Waals surface area contributed by atoms with E-state index < -0.39 is 0 Å². The summed E-state index contributed by atoms with van der Waals surface area (Å²) in [7, 11) is 0. The summed E-state index contributed by atoms with van der Waals surface area (Å²) >= 11 is 5.88. The van der Waals surface area contributed by atoms with Gasteiger partial charge in [0.25, 0.3) is 5.91 Å². The largest absolute Gasteiger partial charge is 0.355 e. The Morgan fingerprint density at radius 3 is 2.50 bits per heavy atom. The maximum absolute atomic E-state index is 12.3. The molecule has 0 saturated carbocycles. The number of hydrogen-bond acceptors (Lipinski definition) is 2. The van der Waals surface area contributed by atoms with Gasteiger partial charge in [-0.25, -0.2) is 0 Å². The normalized spacial score (nSPS) is 10.4. The molecule has 4 nitrogen and oxygen atoms in total. The van der Waals surface area contributed by atoms with Crippen LogP contribution in [0.25, 0.3) is 0 Å². The third kappa shape index (κ3) is 2.75. The predicted molar refractivity (Wildman–Crippen MR) is 79.7 cm³/mol. The van der Waals surface area contributed by atoms with Gasteiger partial charge in [0.2, 0.25) is 0 Å². The first-order valence-electron chi connectivity index (χ1n) is 6.17. The lowest BCUT2D eigenvalue weighted by atomic mass is 10.1. The molecule has 0 aliphatic heterocycles. The number of aryl methyl sites for hydroxylation is 1. The molecule has 5 heteroatoms. The van der Waals surface area contributed by atoms with Gasteiger partial charge in [-0.15, -0.1) is 0 Å². The molecule has 0 aliphatic carbocycles. The average molecular weight is 291 g/mol. The van der Waals surface area contributed by atoms with Crippen LogP contribution >= 0.6 is 11.6 Å². The summed E-state index contributed by atoms with van der Waals surface area (Å²) in [6.45, 7) is 5.00. The number of hydrogen-bond donors (Lipinski definition) is 2. The fourth-order valence-electron chi connectivity index (χ4n) is 2.20. The summed E-state index contributed by atoms with van der Waals surface area (Å²) in [6.07, 6.45) is 0. The number of aromatic amines is 1. The van der Waals surface area contributed by atoms with Gasteiger partial charge in [-0.3, -0.25) is 9.59 Å².